The first kappa shape index (κ1) is 10.6. The fourth-order valence-corrected chi connectivity index (χ4v) is 2.48. The molecular weight excluding hydrogens is 186 g/mol. The molecule has 2 nitrogen and oxygen atoms in total. The van der Waals surface area contributed by atoms with Gasteiger partial charge in [-0.25, -0.2) is 0 Å². The van der Waals surface area contributed by atoms with E-state index in [1.54, 1.807) is 0 Å². The summed E-state index contributed by atoms with van der Waals surface area (Å²) in [6, 6.07) is 3.99. The van der Waals surface area contributed by atoms with Gasteiger partial charge in [0, 0.05) is 17.5 Å². The lowest BCUT2D eigenvalue weighted by molar-refractivity contribution is 0.0394. The summed E-state index contributed by atoms with van der Waals surface area (Å²) in [7, 11) is 0. The second-order valence-corrected chi connectivity index (χ2v) is 4.74. The number of rotatable bonds is 2. The Labute approximate surface area is 91.4 Å². The molecule has 0 saturated heterocycles. The van der Waals surface area contributed by atoms with Gasteiger partial charge in [-0.3, -0.25) is 4.98 Å². The van der Waals surface area contributed by atoms with Crippen LogP contribution >= 0.6 is 0 Å². The van der Waals surface area contributed by atoms with E-state index < -0.39 is 5.60 Å². The summed E-state index contributed by atoms with van der Waals surface area (Å²) in [6.07, 6.45) is 5.92. The maximum Gasteiger partial charge on any atom is 0.0914 e. The maximum atomic E-state index is 10.5. The number of pyridine rings is 1. The normalized spacial score (nSPS) is 30.7. The zero-order valence-corrected chi connectivity index (χ0v) is 9.53. The summed E-state index contributed by atoms with van der Waals surface area (Å²) in [5, 5.41) is 10.5. The molecule has 1 aromatic heterocycles. The van der Waals surface area contributed by atoms with E-state index in [1.807, 2.05) is 25.3 Å². The first-order chi connectivity index (χ1) is 7.14. The van der Waals surface area contributed by atoms with Crippen LogP contribution in [0.3, 0.4) is 0 Å². The molecule has 2 atom stereocenters. The van der Waals surface area contributed by atoms with Gasteiger partial charge in [0.1, 0.15) is 0 Å². The molecule has 1 saturated carbocycles. The Bertz CT molecular complexity index is 333. The molecule has 15 heavy (non-hydrogen) atoms. The highest BCUT2D eigenvalue weighted by Crippen LogP contribution is 2.42. The van der Waals surface area contributed by atoms with Crippen LogP contribution in [0.25, 0.3) is 0 Å². The van der Waals surface area contributed by atoms with Crippen molar-refractivity contribution in [2.45, 2.75) is 45.1 Å². The molecule has 0 amide bonds. The number of hydrogen-bond acceptors (Lipinski definition) is 2. The number of aliphatic hydroxyl groups is 1. The Hall–Kier alpha value is -0.890. The Morgan fingerprint density at radius 2 is 2.33 bits per heavy atom. The van der Waals surface area contributed by atoms with Crippen LogP contribution in [-0.2, 0) is 5.60 Å². The van der Waals surface area contributed by atoms with E-state index in [2.05, 4.69) is 11.9 Å². The maximum absolute atomic E-state index is 10.5. The molecule has 2 heteroatoms. The molecule has 2 unspecified atom stereocenters. The third-order valence-electron chi connectivity index (χ3n) is 3.62. The van der Waals surface area contributed by atoms with Crippen LogP contribution in [0, 0.1) is 12.8 Å². The topological polar surface area (TPSA) is 33.1 Å². The Kier molecular flexibility index (Phi) is 2.79. The first-order valence-electron chi connectivity index (χ1n) is 5.79. The van der Waals surface area contributed by atoms with Crippen molar-refractivity contribution < 1.29 is 5.11 Å². The van der Waals surface area contributed by atoms with Gasteiger partial charge in [-0.2, -0.15) is 0 Å². The summed E-state index contributed by atoms with van der Waals surface area (Å²) in [6.45, 7) is 4.17. The first-order valence-corrected chi connectivity index (χ1v) is 5.79. The quantitative estimate of drug-likeness (QED) is 0.805. The Morgan fingerprint density at radius 3 is 2.87 bits per heavy atom. The summed E-state index contributed by atoms with van der Waals surface area (Å²) < 4.78 is 0. The minimum Gasteiger partial charge on any atom is -0.385 e. The average molecular weight is 205 g/mol. The number of hydrogen-bond donors (Lipinski definition) is 1. The molecule has 0 aromatic carbocycles. The Balaban J connectivity index is 2.20. The number of aromatic nitrogens is 1. The van der Waals surface area contributed by atoms with E-state index in [0.717, 1.165) is 30.5 Å². The zero-order chi connectivity index (χ0) is 10.9. The van der Waals surface area contributed by atoms with Crippen molar-refractivity contribution >= 4 is 0 Å². The van der Waals surface area contributed by atoms with Gasteiger partial charge in [-0.15, -0.1) is 0 Å². The van der Waals surface area contributed by atoms with Crippen LogP contribution < -0.4 is 0 Å². The van der Waals surface area contributed by atoms with E-state index >= 15 is 0 Å². The van der Waals surface area contributed by atoms with Gasteiger partial charge >= 0.3 is 0 Å². The lowest BCUT2D eigenvalue weighted by Crippen LogP contribution is -2.22. The molecule has 0 aliphatic heterocycles. The van der Waals surface area contributed by atoms with Gasteiger partial charge in [-0.05, 0) is 38.2 Å². The standard InChI is InChI=1S/C13H19NO/c1-3-11-6-7-13(15,8-11)12-5-4-10(2)14-9-12/h4-5,9,11,15H,3,6-8H2,1-2H3. The molecule has 2 rings (SSSR count). The molecule has 1 aliphatic rings. The average Bonchev–Trinajstić information content (AvgIpc) is 2.62. The van der Waals surface area contributed by atoms with Crippen molar-refractivity contribution in [3.05, 3.63) is 29.6 Å². The van der Waals surface area contributed by atoms with Gasteiger partial charge in [0.2, 0.25) is 0 Å². The van der Waals surface area contributed by atoms with E-state index in [0.29, 0.717) is 5.92 Å². The second-order valence-electron chi connectivity index (χ2n) is 4.74. The van der Waals surface area contributed by atoms with Crippen molar-refractivity contribution in [3.8, 4) is 0 Å². The highest BCUT2D eigenvalue weighted by atomic mass is 16.3. The van der Waals surface area contributed by atoms with Gasteiger partial charge < -0.3 is 5.11 Å². The van der Waals surface area contributed by atoms with Crippen LogP contribution in [0.15, 0.2) is 18.3 Å². The van der Waals surface area contributed by atoms with Crippen molar-refractivity contribution in [1.29, 1.82) is 0 Å². The number of nitrogens with zero attached hydrogens (tertiary/aromatic N) is 1. The van der Waals surface area contributed by atoms with Crippen LogP contribution in [0.5, 0.6) is 0 Å². The molecule has 1 fully saturated rings. The number of aryl methyl sites for hydroxylation is 1. The second kappa shape index (κ2) is 3.93. The fourth-order valence-electron chi connectivity index (χ4n) is 2.48. The van der Waals surface area contributed by atoms with Crippen molar-refractivity contribution in [3.63, 3.8) is 0 Å². The van der Waals surface area contributed by atoms with E-state index in [4.69, 9.17) is 0 Å². The molecule has 1 aromatic rings. The molecule has 0 radical (unpaired) electrons. The predicted octanol–water partition coefficient (Wildman–Crippen LogP) is 2.79. The van der Waals surface area contributed by atoms with Crippen molar-refractivity contribution in [2.75, 3.05) is 0 Å². The van der Waals surface area contributed by atoms with E-state index in [1.165, 1.54) is 6.42 Å². The van der Waals surface area contributed by atoms with Crippen LogP contribution in [0.4, 0.5) is 0 Å². The summed E-state index contributed by atoms with van der Waals surface area (Å²) in [5.41, 5.74) is 1.39. The van der Waals surface area contributed by atoms with Crippen LogP contribution in [-0.4, -0.2) is 10.1 Å². The van der Waals surface area contributed by atoms with Gasteiger partial charge in [0.25, 0.3) is 0 Å². The third kappa shape index (κ3) is 2.05. The highest BCUT2D eigenvalue weighted by molar-refractivity contribution is 5.22. The van der Waals surface area contributed by atoms with Crippen LogP contribution in [0.1, 0.15) is 43.9 Å². The van der Waals surface area contributed by atoms with Gasteiger partial charge in [0.05, 0.1) is 5.60 Å². The highest BCUT2D eigenvalue weighted by Gasteiger charge is 2.37. The molecule has 1 heterocycles. The summed E-state index contributed by atoms with van der Waals surface area (Å²) >= 11 is 0. The minimum atomic E-state index is -0.610. The lowest BCUT2D eigenvalue weighted by Gasteiger charge is -2.23. The molecule has 1 aliphatic carbocycles. The third-order valence-corrected chi connectivity index (χ3v) is 3.62. The molecular formula is C13H19NO. The van der Waals surface area contributed by atoms with Crippen LogP contribution in [0.2, 0.25) is 0 Å². The molecule has 0 spiro atoms. The monoisotopic (exact) mass is 205 g/mol. The molecule has 0 bridgehead atoms. The Morgan fingerprint density at radius 1 is 1.53 bits per heavy atom. The predicted molar refractivity (Wildman–Crippen MR) is 60.5 cm³/mol. The lowest BCUT2D eigenvalue weighted by atomic mass is 9.92. The zero-order valence-electron chi connectivity index (χ0n) is 9.53. The summed E-state index contributed by atoms with van der Waals surface area (Å²) in [5.74, 6) is 0.677. The SMILES string of the molecule is CCC1CCC(O)(c2ccc(C)nc2)C1. The largest absolute Gasteiger partial charge is 0.385 e. The summed E-state index contributed by atoms with van der Waals surface area (Å²) in [4.78, 5) is 4.26. The van der Waals surface area contributed by atoms with E-state index in [-0.39, 0.29) is 0 Å². The van der Waals surface area contributed by atoms with E-state index in [9.17, 15) is 5.11 Å². The minimum absolute atomic E-state index is 0.610. The van der Waals surface area contributed by atoms with Gasteiger partial charge in [-0.1, -0.05) is 19.4 Å². The fraction of sp³-hybridized carbons (Fsp3) is 0.615. The van der Waals surface area contributed by atoms with Crippen molar-refractivity contribution in [2.24, 2.45) is 5.92 Å². The molecule has 82 valence electrons. The van der Waals surface area contributed by atoms with Crippen molar-refractivity contribution in [1.82, 2.24) is 4.98 Å². The molecule has 1 N–H and O–H groups in total. The smallest absolute Gasteiger partial charge is 0.0914 e. The van der Waals surface area contributed by atoms with Gasteiger partial charge in [0.15, 0.2) is 0 Å².